The van der Waals surface area contributed by atoms with Gasteiger partial charge in [-0.1, -0.05) is 19.8 Å². The summed E-state index contributed by atoms with van der Waals surface area (Å²) in [7, 11) is 0. The lowest BCUT2D eigenvalue weighted by Crippen LogP contribution is -2.57. The molecule has 3 aliphatic rings. The number of carbonyl (C=O) groups is 2. The van der Waals surface area contributed by atoms with Crippen LogP contribution in [0.4, 0.5) is 0 Å². The topological polar surface area (TPSA) is 49.4 Å². The lowest BCUT2D eigenvalue weighted by atomic mass is 9.60. The maximum Gasteiger partial charge on any atom is 0.230 e. The SMILES string of the molecule is CCCN1CCC2(CC1)CC(=O)NC(=O)C2C1CCCC1. The van der Waals surface area contributed by atoms with Crippen molar-refractivity contribution in [1.29, 1.82) is 0 Å². The van der Waals surface area contributed by atoms with Crippen LogP contribution in [-0.4, -0.2) is 36.3 Å². The van der Waals surface area contributed by atoms with Gasteiger partial charge in [0.05, 0.1) is 0 Å². The minimum atomic E-state index is -0.0433. The molecule has 0 aromatic heterocycles. The number of hydrogen-bond acceptors (Lipinski definition) is 3. The second kappa shape index (κ2) is 6.07. The summed E-state index contributed by atoms with van der Waals surface area (Å²) in [5.74, 6) is 0.581. The molecule has 4 heteroatoms. The highest BCUT2D eigenvalue weighted by molar-refractivity contribution is 5.99. The lowest BCUT2D eigenvalue weighted by molar-refractivity contribution is -0.149. The van der Waals surface area contributed by atoms with Crippen LogP contribution in [0.5, 0.6) is 0 Å². The van der Waals surface area contributed by atoms with E-state index in [0.29, 0.717) is 12.3 Å². The number of amides is 2. The van der Waals surface area contributed by atoms with E-state index in [0.717, 1.165) is 32.5 Å². The molecule has 2 aliphatic heterocycles. The zero-order valence-electron chi connectivity index (χ0n) is 13.2. The van der Waals surface area contributed by atoms with Gasteiger partial charge in [-0.15, -0.1) is 0 Å². The van der Waals surface area contributed by atoms with Crippen molar-refractivity contribution in [1.82, 2.24) is 10.2 Å². The van der Waals surface area contributed by atoms with Crippen LogP contribution in [0.3, 0.4) is 0 Å². The Morgan fingerprint density at radius 3 is 2.48 bits per heavy atom. The van der Waals surface area contributed by atoms with Gasteiger partial charge in [0.1, 0.15) is 0 Å². The first-order valence-electron chi connectivity index (χ1n) is 8.71. The molecule has 118 valence electrons. The van der Waals surface area contributed by atoms with Crippen molar-refractivity contribution in [3.05, 3.63) is 0 Å². The zero-order chi connectivity index (χ0) is 14.9. The molecule has 1 aliphatic carbocycles. The summed E-state index contributed by atoms with van der Waals surface area (Å²) in [6.07, 6.45) is 8.64. The predicted octanol–water partition coefficient (Wildman–Crippen LogP) is 2.33. The maximum absolute atomic E-state index is 12.5. The van der Waals surface area contributed by atoms with E-state index in [1.165, 1.54) is 32.1 Å². The molecule has 0 bridgehead atoms. The van der Waals surface area contributed by atoms with Crippen molar-refractivity contribution in [2.24, 2.45) is 17.3 Å². The van der Waals surface area contributed by atoms with E-state index in [1.807, 2.05) is 0 Å². The van der Waals surface area contributed by atoms with Crippen molar-refractivity contribution in [2.45, 2.75) is 58.3 Å². The van der Waals surface area contributed by atoms with E-state index in [2.05, 4.69) is 17.1 Å². The van der Waals surface area contributed by atoms with E-state index < -0.39 is 0 Å². The average Bonchev–Trinajstić information content (AvgIpc) is 2.95. The van der Waals surface area contributed by atoms with Crippen LogP contribution in [0.1, 0.15) is 58.3 Å². The lowest BCUT2D eigenvalue weighted by Gasteiger charge is -2.49. The Hall–Kier alpha value is -0.900. The van der Waals surface area contributed by atoms with Crippen LogP contribution in [0.2, 0.25) is 0 Å². The van der Waals surface area contributed by atoms with Gasteiger partial charge in [-0.25, -0.2) is 0 Å². The summed E-state index contributed by atoms with van der Waals surface area (Å²) in [6, 6.07) is 0. The fourth-order valence-corrected chi connectivity index (χ4v) is 5.00. The Labute approximate surface area is 127 Å². The molecule has 1 spiro atoms. The molecule has 1 saturated carbocycles. The second-order valence-corrected chi connectivity index (χ2v) is 7.32. The standard InChI is InChI=1S/C17H28N2O2/c1-2-9-19-10-7-17(8-11-19)12-14(20)18-16(21)15(17)13-5-3-4-6-13/h13,15H,2-12H2,1H3,(H,18,20,21). The molecular formula is C17H28N2O2. The summed E-state index contributed by atoms with van der Waals surface area (Å²) in [4.78, 5) is 27.0. The van der Waals surface area contributed by atoms with Crippen LogP contribution in [0.25, 0.3) is 0 Å². The Morgan fingerprint density at radius 2 is 1.86 bits per heavy atom. The van der Waals surface area contributed by atoms with E-state index in [-0.39, 0.29) is 23.1 Å². The second-order valence-electron chi connectivity index (χ2n) is 7.32. The number of nitrogens with zero attached hydrogens (tertiary/aromatic N) is 1. The van der Waals surface area contributed by atoms with Gasteiger partial charge in [-0.05, 0) is 63.1 Å². The predicted molar refractivity (Wildman–Crippen MR) is 81.6 cm³/mol. The Bertz CT molecular complexity index is 407. The van der Waals surface area contributed by atoms with Crippen LogP contribution in [0, 0.1) is 17.3 Å². The first-order chi connectivity index (χ1) is 10.1. The number of hydrogen-bond donors (Lipinski definition) is 1. The molecule has 2 amide bonds. The third-order valence-corrected chi connectivity index (χ3v) is 5.98. The minimum Gasteiger partial charge on any atom is -0.303 e. The Morgan fingerprint density at radius 1 is 1.19 bits per heavy atom. The largest absolute Gasteiger partial charge is 0.303 e. The summed E-state index contributed by atoms with van der Waals surface area (Å²) >= 11 is 0. The fourth-order valence-electron chi connectivity index (χ4n) is 5.00. The smallest absolute Gasteiger partial charge is 0.230 e. The highest BCUT2D eigenvalue weighted by Gasteiger charge is 2.52. The van der Waals surface area contributed by atoms with Gasteiger partial charge in [-0.2, -0.15) is 0 Å². The van der Waals surface area contributed by atoms with Crippen LogP contribution in [0.15, 0.2) is 0 Å². The van der Waals surface area contributed by atoms with Crippen molar-refractivity contribution < 1.29 is 9.59 Å². The van der Waals surface area contributed by atoms with Crippen LogP contribution >= 0.6 is 0 Å². The fraction of sp³-hybridized carbons (Fsp3) is 0.882. The van der Waals surface area contributed by atoms with Gasteiger partial charge >= 0.3 is 0 Å². The van der Waals surface area contributed by atoms with Gasteiger partial charge in [0, 0.05) is 12.3 Å². The summed E-state index contributed by atoms with van der Waals surface area (Å²) in [6.45, 7) is 5.46. The normalized spacial score (nSPS) is 30.8. The van der Waals surface area contributed by atoms with Gasteiger partial charge in [0.2, 0.25) is 11.8 Å². The number of imide groups is 1. The zero-order valence-corrected chi connectivity index (χ0v) is 13.2. The molecule has 0 radical (unpaired) electrons. The van der Waals surface area contributed by atoms with Crippen molar-refractivity contribution >= 4 is 11.8 Å². The Kier molecular flexibility index (Phi) is 4.34. The van der Waals surface area contributed by atoms with Gasteiger partial charge in [0.15, 0.2) is 0 Å². The molecule has 21 heavy (non-hydrogen) atoms. The molecule has 3 fully saturated rings. The molecule has 4 nitrogen and oxygen atoms in total. The molecule has 3 rings (SSSR count). The summed E-state index contributed by atoms with van der Waals surface area (Å²) in [5.41, 5.74) is -0.0430. The van der Waals surface area contributed by atoms with Crippen LogP contribution in [-0.2, 0) is 9.59 Å². The quantitative estimate of drug-likeness (QED) is 0.812. The number of piperidine rings is 2. The minimum absolute atomic E-state index is 0.0297. The summed E-state index contributed by atoms with van der Waals surface area (Å²) in [5, 5.41) is 2.62. The van der Waals surface area contributed by atoms with Gasteiger partial charge in [0.25, 0.3) is 0 Å². The van der Waals surface area contributed by atoms with Crippen molar-refractivity contribution in [3.8, 4) is 0 Å². The monoisotopic (exact) mass is 292 g/mol. The summed E-state index contributed by atoms with van der Waals surface area (Å²) < 4.78 is 0. The highest BCUT2D eigenvalue weighted by Crippen LogP contribution is 2.50. The first-order valence-corrected chi connectivity index (χ1v) is 8.71. The molecule has 2 heterocycles. The third-order valence-electron chi connectivity index (χ3n) is 5.98. The molecular weight excluding hydrogens is 264 g/mol. The molecule has 2 saturated heterocycles. The maximum atomic E-state index is 12.5. The van der Waals surface area contributed by atoms with Crippen molar-refractivity contribution in [2.75, 3.05) is 19.6 Å². The van der Waals surface area contributed by atoms with E-state index in [9.17, 15) is 9.59 Å². The van der Waals surface area contributed by atoms with E-state index >= 15 is 0 Å². The van der Waals surface area contributed by atoms with E-state index in [1.54, 1.807) is 0 Å². The number of rotatable bonds is 3. The molecule has 0 aromatic rings. The van der Waals surface area contributed by atoms with Crippen molar-refractivity contribution in [3.63, 3.8) is 0 Å². The number of carbonyl (C=O) groups excluding carboxylic acids is 2. The molecule has 1 unspecified atom stereocenters. The number of nitrogens with one attached hydrogen (secondary N) is 1. The Balaban J connectivity index is 1.78. The van der Waals surface area contributed by atoms with Crippen LogP contribution < -0.4 is 5.32 Å². The number of likely N-dealkylation sites (tertiary alicyclic amines) is 1. The molecule has 0 aromatic carbocycles. The first kappa shape index (κ1) is 15.0. The van der Waals surface area contributed by atoms with Gasteiger partial charge < -0.3 is 4.90 Å². The third kappa shape index (κ3) is 2.87. The molecule has 1 N–H and O–H groups in total. The highest BCUT2D eigenvalue weighted by atomic mass is 16.2. The van der Waals surface area contributed by atoms with E-state index in [4.69, 9.17) is 0 Å². The average molecular weight is 292 g/mol. The molecule has 1 atom stereocenters. The van der Waals surface area contributed by atoms with Gasteiger partial charge in [-0.3, -0.25) is 14.9 Å².